The van der Waals surface area contributed by atoms with Gasteiger partial charge in [-0.2, -0.15) is 26.9 Å². The molecule has 43 heavy (non-hydrogen) atoms. The molecule has 0 aliphatic carbocycles. The van der Waals surface area contributed by atoms with Crippen molar-refractivity contribution in [2.75, 3.05) is 5.01 Å². The molecule has 0 spiro atoms. The second-order valence-corrected chi connectivity index (χ2v) is 11.5. The molecule has 18 heteroatoms. The summed E-state index contributed by atoms with van der Waals surface area (Å²) in [6, 6.07) is 9.36. The van der Waals surface area contributed by atoms with Crippen molar-refractivity contribution in [3.05, 3.63) is 100 Å². The van der Waals surface area contributed by atoms with Crippen molar-refractivity contribution in [1.82, 2.24) is 9.78 Å². The van der Waals surface area contributed by atoms with E-state index in [-0.39, 0.29) is 45.4 Å². The van der Waals surface area contributed by atoms with Gasteiger partial charge in [-0.25, -0.2) is 10.6 Å². The van der Waals surface area contributed by atoms with Gasteiger partial charge in [-0.15, -0.1) is 0 Å². The number of nitrogens with one attached hydrogen (secondary N) is 1. The lowest BCUT2D eigenvalue weighted by Crippen LogP contribution is -2.25. The topological polar surface area (TPSA) is 258 Å². The van der Waals surface area contributed by atoms with Gasteiger partial charge in [0.15, 0.2) is 5.71 Å². The monoisotopic (exact) mass is 630 g/mol. The highest BCUT2D eigenvalue weighted by atomic mass is 32.2. The smallest absolute Gasteiger partial charge is 0.294 e. The summed E-state index contributed by atoms with van der Waals surface area (Å²) in [5.74, 6) is 3.44. The predicted molar refractivity (Wildman–Crippen MR) is 152 cm³/mol. The highest BCUT2D eigenvalue weighted by Crippen LogP contribution is 2.25. The molecule has 0 unspecified atom stereocenters. The van der Waals surface area contributed by atoms with Crippen LogP contribution in [0.15, 0.2) is 98.1 Å². The summed E-state index contributed by atoms with van der Waals surface area (Å²) in [4.78, 5) is 41.8. The average molecular weight is 631 g/mol. The molecule has 0 atom stereocenters. The number of allylic oxidation sites excluding steroid dienone is 4. The van der Waals surface area contributed by atoms with Crippen molar-refractivity contribution in [2.24, 2.45) is 16.7 Å². The van der Waals surface area contributed by atoms with Gasteiger partial charge in [0.25, 0.3) is 37.6 Å². The zero-order valence-corrected chi connectivity index (χ0v) is 23.3. The van der Waals surface area contributed by atoms with E-state index in [1.165, 1.54) is 54.6 Å². The number of carbonyl (C=O) groups excluding carboxylic acids is 2. The fourth-order valence-electron chi connectivity index (χ4n) is 3.86. The molecular formula is C25H22N6O10S2. The first-order chi connectivity index (χ1) is 20.2. The molecule has 16 nitrogen and oxygen atoms in total. The minimum atomic E-state index is -4.46. The molecule has 1 aliphatic rings. The van der Waals surface area contributed by atoms with E-state index in [4.69, 9.17) is 20.7 Å². The van der Waals surface area contributed by atoms with Crippen LogP contribution in [-0.2, 0) is 41.3 Å². The summed E-state index contributed by atoms with van der Waals surface area (Å²) in [6.07, 6.45) is 6.94. The number of primary amides is 1. The minimum absolute atomic E-state index is 0.106. The molecule has 1 aromatic heterocycles. The van der Waals surface area contributed by atoms with E-state index in [0.717, 1.165) is 34.0 Å². The zero-order chi connectivity index (χ0) is 31.5. The molecule has 0 saturated carbocycles. The Morgan fingerprint density at radius 2 is 1.47 bits per heavy atom. The van der Waals surface area contributed by atoms with Crippen LogP contribution in [0.2, 0.25) is 0 Å². The van der Waals surface area contributed by atoms with Crippen LogP contribution in [0.1, 0.15) is 11.3 Å². The number of anilines is 1. The Kier molecular flexibility index (Phi) is 8.71. The van der Waals surface area contributed by atoms with Crippen LogP contribution in [0.5, 0.6) is 0 Å². The Labute approximate surface area is 243 Å². The molecule has 1 aliphatic heterocycles. The normalized spacial score (nSPS) is 15.2. The number of aromatic nitrogens is 2. The quantitative estimate of drug-likeness (QED) is 0.0888. The Morgan fingerprint density at radius 3 is 1.98 bits per heavy atom. The zero-order valence-electron chi connectivity index (χ0n) is 21.7. The van der Waals surface area contributed by atoms with Gasteiger partial charge in [0.05, 0.1) is 38.0 Å². The molecular weight excluding hydrogens is 608 g/mol. The van der Waals surface area contributed by atoms with Gasteiger partial charge in [-0.3, -0.25) is 33.4 Å². The number of aromatic amines is 1. The molecule has 4 rings (SSSR count). The fraction of sp³-hybridized carbons (Fsp3) is 0.0400. The van der Waals surface area contributed by atoms with E-state index in [9.17, 15) is 31.2 Å². The number of hydrogen-bond acceptors (Lipinski definition) is 10. The van der Waals surface area contributed by atoms with Crippen molar-refractivity contribution in [3.8, 4) is 5.69 Å². The summed E-state index contributed by atoms with van der Waals surface area (Å²) in [7, 11) is -8.89. The van der Waals surface area contributed by atoms with Gasteiger partial charge < -0.3 is 5.73 Å². The maximum absolute atomic E-state index is 13.0. The Bertz CT molecular complexity index is 1990. The second-order valence-electron chi connectivity index (χ2n) is 8.65. The lowest BCUT2D eigenvalue weighted by Gasteiger charge is -2.11. The lowest BCUT2D eigenvalue weighted by atomic mass is 10.1. The number of benzene rings is 2. The van der Waals surface area contributed by atoms with E-state index in [2.05, 4.69) is 15.0 Å². The first-order valence-electron chi connectivity index (χ1n) is 11.8. The number of carbonyl (C=O) groups is 2. The van der Waals surface area contributed by atoms with Crippen molar-refractivity contribution < 1.29 is 40.4 Å². The molecule has 0 bridgehead atoms. The first-order valence-corrected chi connectivity index (χ1v) is 14.7. The van der Waals surface area contributed by atoms with Crippen LogP contribution in [0.25, 0.3) is 11.8 Å². The summed E-state index contributed by atoms with van der Waals surface area (Å²) >= 11 is 0. The van der Waals surface area contributed by atoms with Gasteiger partial charge in [-0.05, 0) is 60.7 Å². The number of hydrogen-bond donors (Lipinski definition) is 5. The van der Waals surface area contributed by atoms with Crippen molar-refractivity contribution in [3.63, 3.8) is 0 Å². The van der Waals surface area contributed by atoms with Gasteiger partial charge in [0.1, 0.15) is 6.61 Å². The first kappa shape index (κ1) is 31.0. The molecule has 2 amide bonds. The summed E-state index contributed by atoms with van der Waals surface area (Å²) in [6.45, 7) is -0.188. The van der Waals surface area contributed by atoms with E-state index >= 15 is 0 Å². The molecule has 0 fully saturated rings. The van der Waals surface area contributed by atoms with Crippen molar-refractivity contribution >= 4 is 49.5 Å². The summed E-state index contributed by atoms with van der Waals surface area (Å²) in [5, 5.41) is 7.57. The molecule has 0 radical (unpaired) electrons. The van der Waals surface area contributed by atoms with E-state index in [1.54, 1.807) is 0 Å². The van der Waals surface area contributed by atoms with Crippen molar-refractivity contribution in [1.29, 1.82) is 0 Å². The Balaban J connectivity index is 1.58. The average Bonchev–Trinajstić information content (AvgIpc) is 3.44. The third-order valence-electron chi connectivity index (χ3n) is 5.86. The van der Waals surface area contributed by atoms with E-state index in [1.807, 2.05) is 0 Å². The predicted octanol–water partition coefficient (Wildman–Crippen LogP) is 0.433. The number of amides is 2. The number of nitrogens with two attached hydrogens (primary N) is 2. The highest BCUT2D eigenvalue weighted by Gasteiger charge is 2.33. The molecule has 0 saturated heterocycles. The maximum Gasteiger partial charge on any atom is 0.294 e. The SMILES string of the molecule is NOCc1[nH]n(-c2ccc(S(=O)(=O)O)cc2)c(=O)c1/C=C/C=C/C=C1/C(=O)N(c2ccc(S(=O)(=O)O)cc2)N=C1C(N)=O. The highest BCUT2D eigenvalue weighted by molar-refractivity contribution is 7.86. The second kappa shape index (κ2) is 12.1. The molecule has 224 valence electrons. The number of H-pyrrole nitrogens is 1. The van der Waals surface area contributed by atoms with Crippen molar-refractivity contribution in [2.45, 2.75) is 16.4 Å². The third kappa shape index (κ3) is 6.75. The summed E-state index contributed by atoms with van der Waals surface area (Å²) in [5.41, 5.74) is 5.09. The Hall–Kier alpha value is -4.98. The largest absolute Gasteiger partial charge is 0.364 e. The van der Waals surface area contributed by atoms with E-state index in [0.29, 0.717) is 0 Å². The lowest BCUT2D eigenvalue weighted by molar-refractivity contribution is -0.115. The number of nitrogens with zero attached hydrogens (tertiary/aromatic N) is 3. The maximum atomic E-state index is 13.0. The molecule has 3 aromatic rings. The van der Waals surface area contributed by atoms with Gasteiger partial charge in [0, 0.05) is 0 Å². The third-order valence-corrected chi connectivity index (χ3v) is 7.60. The van der Waals surface area contributed by atoms with Crippen LogP contribution in [-0.4, -0.2) is 53.2 Å². The van der Waals surface area contributed by atoms with Crippen LogP contribution in [0, 0.1) is 0 Å². The standard InChI is InChI=1S/C25H22N6O10S2/c26-23(32)22-20(25(34)31(29-22)16-8-12-18(13-9-16)43(38,39)40)5-3-1-2-4-19-21(14-41-27)28-30(24(19)33)15-6-10-17(11-7-15)42(35,36)37/h1-13,28H,14,27H2,(H2,26,32)(H,35,36,37)(H,38,39,40)/b3-1+,4-2+,20-5+. The van der Waals surface area contributed by atoms with Gasteiger partial charge in [-0.1, -0.05) is 18.2 Å². The van der Waals surface area contributed by atoms with Gasteiger partial charge in [0.2, 0.25) is 0 Å². The minimum Gasteiger partial charge on any atom is -0.364 e. The number of rotatable bonds is 10. The fourth-order valence-corrected chi connectivity index (χ4v) is 4.82. The summed E-state index contributed by atoms with van der Waals surface area (Å²) < 4.78 is 64.5. The molecule has 7 N–H and O–H groups in total. The van der Waals surface area contributed by atoms with Crippen LogP contribution < -0.4 is 22.2 Å². The van der Waals surface area contributed by atoms with E-state index < -0.39 is 42.5 Å². The molecule has 2 aromatic carbocycles. The Morgan fingerprint density at radius 1 is 0.907 bits per heavy atom. The molecule has 2 heterocycles. The van der Waals surface area contributed by atoms with Crippen LogP contribution >= 0.6 is 0 Å². The van der Waals surface area contributed by atoms with Gasteiger partial charge >= 0.3 is 0 Å². The number of hydrazone groups is 1. The van der Waals surface area contributed by atoms with Crippen LogP contribution in [0.4, 0.5) is 5.69 Å². The van der Waals surface area contributed by atoms with Crippen LogP contribution in [0.3, 0.4) is 0 Å².